The number of sulfonamides is 1. The minimum atomic E-state index is -4.15. The van der Waals surface area contributed by atoms with Crippen LogP contribution in [0, 0.1) is 5.92 Å². The number of ether oxygens (including phenoxy) is 1. The summed E-state index contributed by atoms with van der Waals surface area (Å²) < 4.78 is 69.2. The van der Waals surface area contributed by atoms with Crippen molar-refractivity contribution >= 4 is 15.9 Å². The number of benzene rings is 1. The normalized spacial score (nSPS) is 13.8. The van der Waals surface area contributed by atoms with Crippen molar-refractivity contribution in [3.05, 3.63) is 58.5 Å². The van der Waals surface area contributed by atoms with E-state index in [4.69, 9.17) is 4.74 Å². The van der Waals surface area contributed by atoms with Gasteiger partial charge in [0, 0.05) is 30.4 Å². The number of nitrogens with zero attached hydrogens (tertiary/aromatic N) is 2. The second-order valence-electron chi connectivity index (χ2n) is 9.67. The average molecular weight is 567 g/mol. The zero-order chi connectivity index (χ0) is 28.2. The Kier molecular flexibility index (Phi) is 8.48. The van der Waals surface area contributed by atoms with Crippen LogP contribution in [-0.4, -0.2) is 48.1 Å². The Morgan fingerprint density at radius 1 is 1.15 bits per heavy atom. The summed E-state index contributed by atoms with van der Waals surface area (Å²) in [7, 11) is -3.92. The summed E-state index contributed by atoms with van der Waals surface area (Å²) in [6.45, 7) is 0.983. The van der Waals surface area contributed by atoms with Gasteiger partial charge in [0.1, 0.15) is 11.3 Å². The number of unbranched alkanes of at least 4 members (excludes halogenated alkanes) is 2. The van der Waals surface area contributed by atoms with Gasteiger partial charge < -0.3 is 9.72 Å². The number of H-pyrrole nitrogens is 1. The largest absolute Gasteiger partial charge is 0.494 e. The van der Waals surface area contributed by atoms with Crippen LogP contribution in [0.1, 0.15) is 48.9 Å². The molecule has 13 heteroatoms. The molecule has 210 valence electrons. The van der Waals surface area contributed by atoms with E-state index in [-0.39, 0.29) is 24.2 Å². The summed E-state index contributed by atoms with van der Waals surface area (Å²) in [6, 6.07) is 9.95. The van der Waals surface area contributed by atoms with E-state index in [1.54, 1.807) is 47.3 Å². The van der Waals surface area contributed by atoms with Gasteiger partial charge in [0.05, 0.1) is 18.6 Å². The number of pyridine rings is 1. The zero-order valence-corrected chi connectivity index (χ0v) is 22.1. The highest BCUT2D eigenvalue weighted by Gasteiger charge is 2.26. The number of hydrogen-bond donors (Lipinski definition) is 2. The number of alkyl halides is 3. The molecule has 1 amide bonds. The lowest BCUT2D eigenvalue weighted by Gasteiger charge is -2.11. The Bertz CT molecular complexity index is 1480. The quantitative estimate of drug-likeness (QED) is 0.311. The van der Waals surface area contributed by atoms with Gasteiger partial charge in [-0.1, -0.05) is 0 Å². The summed E-state index contributed by atoms with van der Waals surface area (Å²) in [5, 5.41) is 4.51. The molecule has 1 fully saturated rings. The SMILES string of the molecule is CS(=O)(=O)NC(=O)c1c(-c2ccn(CC3CC3)n2)cc(-c2ccc(OCCCCCC(F)(F)F)cc2)[nH]c1=O. The summed E-state index contributed by atoms with van der Waals surface area (Å²) in [6.07, 6.45) is 0.788. The number of carbonyl (C=O) groups is 1. The number of aromatic amines is 1. The number of amides is 1. The van der Waals surface area contributed by atoms with Gasteiger partial charge >= 0.3 is 6.18 Å². The van der Waals surface area contributed by atoms with Crippen LogP contribution >= 0.6 is 0 Å². The Hall–Kier alpha value is -3.61. The number of rotatable bonds is 12. The highest BCUT2D eigenvalue weighted by molar-refractivity contribution is 7.89. The van der Waals surface area contributed by atoms with Crippen molar-refractivity contribution < 1.29 is 31.1 Å². The Morgan fingerprint density at radius 2 is 1.87 bits per heavy atom. The fourth-order valence-electron chi connectivity index (χ4n) is 4.06. The van der Waals surface area contributed by atoms with Crippen molar-refractivity contribution in [2.45, 2.75) is 51.2 Å². The van der Waals surface area contributed by atoms with Crippen LogP contribution in [-0.2, 0) is 16.6 Å². The standard InChI is InChI=1S/C26H29F3N4O5S/c1-39(36,37)32-25(35)23-20(21-11-13-33(31-21)16-17-5-6-17)15-22(30-24(23)34)18-7-9-19(10-8-18)38-14-4-2-3-12-26(27,28)29/h7-11,13,15,17H,2-6,12,14,16H2,1H3,(H,30,34)(H,32,35). The van der Waals surface area contributed by atoms with Crippen LogP contribution in [0.5, 0.6) is 5.75 Å². The molecule has 2 aromatic heterocycles. The molecule has 2 N–H and O–H groups in total. The summed E-state index contributed by atoms with van der Waals surface area (Å²) in [5.41, 5.74) is 0.362. The zero-order valence-electron chi connectivity index (χ0n) is 21.3. The van der Waals surface area contributed by atoms with Crippen LogP contribution in [0.2, 0.25) is 0 Å². The molecule has 0 saturated heterocycles. The van der Waals surface area contributed by atoms with Gasteiger partial charge in [-0.2, -0.15) is 18.3 Å². The predicted molar refractivity (Wildman–Crippen MR) is 139 cm³/mol. The summed E-state index contributed by atoms with van der Waals surface area (Å²) in [5.74, 6) is -0.00255. The molecule has 1 saturated carbocycles. The monoisotopic (exact) mass is 566 g/mol. The molecule has 9 nitrogen and oxygen atoms in total. The Balaban J connectivity index is 1.53. The molecule has 39 heavy (non-hydrogen) atoms. The fourth-order valence-corrected chi connectivity index (χ4v) is 4.50. The minimum Gasteiger partial charge on any atom is -0.494 e. The van der Waals surface area contributed by atoms with E-state index in [0.717, 1.165) is 19.1 Å². The van der Waals surface area contributed by atoms with E-state index < -0.39 is 34.1 Å². The molecular weight excluding hydrogens is 537 g/mol. The third-order valence-corrected chi connectivity index (χ3v) is 6.69. The maximum absolute atomic E-state index is 13.0. The van der Waals surface area contributed by atoms with Crippen molar-refractivity contribution in [2.24, 2.45) is 5.92 Å². The van der Waals surface area contributed by atoms with Crippen LogP contribution in [0.15, 0.2) is 47.4 Å². The Labute approximate surface area is 223 Å². The highest BCUT2D eigenvalue weighted by Crippen LogP contribution is 2.31. The van der Waals surface area contributed by atoms with E-state index in [2.05, 4.69) is 10.1 Å². The maximum atomic E-state index is 13.0. The van der Waals surface area contributed by atoms with Crippen molar-refractivity contribution in [3.63, 3.8) is 0 Å². The van der Waals surface area contributed by atoms with E-state index in [9.17, 15) is 31.2 Å². The average Bonchev–Trinajstić information content (AvgIpc) is 3.53. The number of nitrogens with one attached hydrogen (secondary N) is 2. The first-order valence-corrected chi connectivity index (χ1v) is 14.4. The first-order chi connectivity index (χ1) is 18.4. The molecule has 1 aliphatic carbocycles. The number of hydrogen-bond acceptors (Lipinski definition) is 6. The fraction of sp³-hybridized carbons (Fsp3) is 0.423. The highest BCUT2D eigenvalue weighted by atomic mass is 32.2. The van der Waals surface area contributed by atoms with Gasteiger partial charge in [0.15, 0.2) is 0 Å². The van der Waals surface area contributed by atoms with E-state index >= 15 is 0 Å². The van der Waals surface area contributed by atoms with Gasteiger partial charge in [-0.3, -0.25) is 14.3 Å². The van der Waals surface area contributed by atoms with Crippen molar-refractivity contribution in [1.29, 1.82) is 0 Å². The van der Waals surface area contributed by atoms with E-state index in [1.807, 2.05) is 4.72 Å². The molecule has 2 heterocycles. The van der Waals surface area contributed by atoms with Crippen LogP contribution in [0.25, 0.3) is 22.5 Å². The predicted octanol–water partition coefficient (Wildman–Crippen LogP) is 4.51. The third-order valence-electron chi connectivity index (χ3n) is 6.14. The lowest BCUT2D eigenvalue weighted by molar-refractivity contribution is -0.135. The number of carbonyl (C=O) groups excluding carboxylic acids is 1. The maximum Gasteiger partial charge on any atom is 0.389 e. The molecule has 4 rings (SSSR count). The number of aromatic nitrogens is 3. The molecule has 0 atom stereocenters. The second kappa shape index (κ2) is 11.6. The van der Waals surface area contributed by atoms with Crippen molar-refractivity contribution in [1.82, 2.24) is 19.5 Å². The lowest BCUT2D eigenvalue weighted by Crippen LogP contribution is -2.34. The second-order valence-corrected chi connectivity index (χ2v) is 11.4. The van der Waals surface area contributed by atoms with Gasteiger partial charge in [-0.05, 0) is 80.0 Å². The molecule has 1 aromatic carbocycles. The van der Waals surface area contributed by atoms with Gasteiger partial charge in [-0.15, -0.1) is 0 Å². The third kappa shape index (κ3) is 8.44. The van der Waals surface area contributed by atoms with Gasteiger partial charge in [-0.25, -0.2) is 13.1 Å². The smallest absolute Gasteiger partial charge is 0.389 e. The van der Waals surface area contributed by atoms with E-state index in [0.29, 0.717) is 48.0 Å². The molecule has 3 aromatic rings. The molecule has 0 aliphatic heterocycles. The minimum absolute atomic E-state index is 0.0541. The lowest BCUT2D eigenvalue weighted by atomic mass is 10.0. The van der Waals surface area contributed by atoms with Gasteiger partial charge in [0.2, 0.25) is 10.0 Å². The summed E-state index contributed by atoms with van der Waals surface area (Å²) >= 11 is 0. The van der Waals surface area contributed by atoms with Crippen LogP contribution in [0.3, 0.4) is 0 Å². The molecule has 1 aliphatic rings. The molecule has 0 spiro atoms. The molecule has 0 bridgehead atoms. The Morgan fingerprint density at radius 3 is 2.51 bits per heavy atom. The summed E-state index contributed by atoms with van der Waals surface area (Å²) in [4.78, 5) is 28.4. The molecular formula is C26H29F3N4O5S. The van der Waals surface area contributed by atoms with E-state index in [1.165, 1.54) is 0 Å². The molecule has 0 unspecified atom stereocenters. The first kappa shape index (κ1) is 28.4. The van der Waals surface area contributed by atoms with Crippen LogP contribution < -0.4 is 15.0 Å². The van der Waals surface area contributed by atoms with Gasteiger partial charge in [0.25, 0.3) is 11.5 Å². The van der Waals surface area contributed by atoms with Crippen LogP contribution in [0.4, 0.5) is 13.2 Å². The van der Waals surface area contributed by atoms with Crippen molar-refractivity contribution in [3.8, 4) is 28.3 Å². The van der Waals surface area contributed by atoms with Crippen molar-refractivity contribution in [2.75, 3.05) is 12.9 Å². The first-order valence-electron chi connectivity index (χ1n) is 12.5. The molecule has 0 radical (unpaired) electrons. The number of halogens is 3. The topological polar surface area (TPSA) is 123 Å².